The number of aliphatic hydroxyl groups is 1. The van der Waals surface area contributed by atoms with Crippen molar-refractivity contribution in [2.24, 2.45) is 11.8 Å². The fraction of sp³-hybridized carbons (Fsp3) is 0.937. The van der Waals surface area contributed by atoms with Gasteiger partial charge in [0.05, 0.1) is 26.4 Å². The Bertz CT molecular complexity index is 1620. The standard InChI is InChI=1S/C63H122O17P2/c1-7-9-11-13-15-17-19-23-26-33-39-45-60(65)73-51-58(79-63(68)48-42-36-28-24-20-21-25-31-37-43-55(3)4)53-77-81(69,70)75-49-57(64)50-76-82(71,72)78-54-59(52-74-61(66)46-40-34-30-29-32-38-44-56(5)6)80-62(67)47-41-35-27-22-18-16-14-12-10-8-2/h55-59,64H,7-54H2,1-6H3,(H,69,70)(H,71,72)/t57-,58-,59-/m1/s1. The van der Waals surface area contributed by atoms with Crippen molar-refractivity contribution < 1.29 is 80.2 Å². The molecule has 0 radical (unpaired) electrons. The van der Waals surface area contributed by atoms with Gasteiger partial charge < -0.3 is 33.8 Å². The van der Waals surface area contributed by atoms with Crippen LogP contribution in [0.3, 0.4) is 0 Å². The normalized spacial score (nSPS) is 14.3. The van der Waals surface area contributed by atoms with E-state index in [9.17, 15) is 43.2 Å². The highest BCUT2D eigenvalue weighted by Gasteiger charge is 2.30. The Morgan fingerprint density at radius 2 is 0.561 bits per heavy atom. The van der Waals surface area contributed by atoms with E-state index in [1.165, 1.54) is 122 Å². The van der Waals surface area contributed by atoms with Crippen LogP contribution in [0, 0.1) is 11.8 Å². The fourth-order valence-corrected chi connectivity index (χ4v) is 10.9. The monoisotopic (exact) mass is 1210 g/mol. The average molecular weight is 1210 g/mol. The van der Waals surface area contributed by atoms with Crippen LogP contribution in [0.1, 0.15) is 311 Å². The summed E-state index contributed by atoms with van der Waals surface area (Å²) in [6, 6.07) is 0. The molecule has 0 bridgehead atoms. The van der Waals surface area contributed by atoms with Crippen LogP contribution in [-0.2, 0) is 65.4 Å². The summed E-state index contributed by atoms with van der Waals surface area (Å²) in [4.78, 5) is 72.1. The zero-order valence-electron chi connectivity index (χ0n) is 52.8. The molecule has 0 aliphatic rings. The average Bonchev–Trinajstić information content (AvgIpc) is 3.43. The van der Waals surface area contributed by atoms with Crippen LogP contribution in [0.15, 0.2) is 0 Å². The molecule has 5 atom stereocenters. The molecule has 19 heteroatoms. The van der Waals surface area contributed by atoms with Crippen molar-refractivity contribution in [3.05, 3.63) is 0 Å². The molecule has 0 saturated heterocycles. The fourth-order valence-electron chi connectivity index (χ4n) is 9.35. The minimum absolute atomic E-state index is 0.105. The number of aliphatic hydroxyl groups excluding tert-OH is 1. The zero-order chi connectivity index (χ0) is 60.8. The quantitative estimate of drug-likeness (QED) is 0.0222. The SMILES string of the molecule is CCCCCCCCCCCCCC(=O)OC[C@H](COP(=O)(O)OC[C@@H](O)COP(=O)(O)OC[C@@H](COC(=O)CCCCCCCCC(C)C)OC(=O)CCCCCCCCCCCC)OC(=O)CCCCCCCCCCCC(C)C. The lowest BCUT2D eigenvalue weighted by Crippen LogP contribution is -2.30. The van der Waals surface area contributed by atoms with Crippen molar-refractivity contribution in [2.45, 2.75) is 330 Å². The van der Waals surface area contributed by atoms with E-state index in [4.69, 9.17) is 37.0 Å². The van der Waals surface area contributed by atoms with Gasteiger partial charge in [0, 0.05) is 25.7 Å². The van der Waals surface area contributed by atoms with Crippen LogP contribution < -0.4 is 0 Å². The second-order valence-electron chi connectivity index (χ2n) is 23.7. The minimum Gasteiger partial charge on any atom is -0.462 e. The first-order valence-corrected chi connectivity index (χ1v) is 36.0. The molecule has 0 aromatic carbocycles. The number of rotatable bonds is 62. The summed E-state index contributed by atoms with van der Waals surface area (Å²) in [7, 11) is -9.88. The topological polar surface area (TPSA) is 237 Å². The minimum atomic E-state index is -4.94. The Morgan fingerprint density at radius 3 is 0.829 bits per heavy atom. The lowest BCUT2D eigenvalue weighted by atomic mass is 10.0. The summed E-state index contributed by atoms with van der Waals surface area (Å²) in [6.07, 6.45) is 37.6. The van der Waals surface area contributed by atoms with Gasteiger partial charge in [-0.25, -0.2) is 9.13 Å². The van der Waals surface area contributed by atoms with Crippen molar-refractivity contribution in [3.8, 4) is 0 Å². The number of hydrogen-bond donors (Lipinski definition) is 3. The molecule has 0 amide bonds. The van der Waals surface area contributed by atoms with Gasteiger partial charge in [-0.05, 0) is 37.5 Å². The van der Waals surface area contributed by atoms with Crippen molar-refractivity contribution in [2.75, 3.05) is 39.6 Å². The maximum absolute atomic E-state index is 13.0. The molecular weight excluding hydrogens is 1090 g/mol. The molecule has 0 aliphatic carbocycles. The first kappa shape index (κ1) is 80.1. The largest absolute Gasteiger partial charge is 0.472 e. The van der Waals surface area contributed by atoms with E-state index in [1.807, 2.05) is 0 Å². The Kier molecular flexibility index (Phi) is 54.3. The van der Waals surface area contributed by atoms with Gasteiger partial charge in [0.1, 0.15) is 19.3 Å². The van der Waals surface area contributed by atoms with Crippen LogP contribution in [0.4, 0.5) is 0 Å². The molecule has 486 valence electrons. The predicted molar refractivity (Wildman–Crippen MR) is 326 cm³/mol. The summed E-state index contributed by atoms with van der Waals surface area (Å²) in [5.74, 6) is -0.720. The third-order valence-electron chi connectivity index (χ3n) is 14.5. The molecular formula is C63H122O17P2. The number of carbonyl (C=O) groups is 4. The molecule has 82 heavy (non-hydrogen) atoms. The van der Waals surface area contributed by atoms with Crippen molar-refractivity contribution in [1.29, 1.82) is 0 Å². The van der Waals surface area contributed by atoms with E-state index in [2.05, 4.69) is 41.5 Å². The van der Waals surface area contributed by atoms with Gasteiger partial charge >= 0.3 is 39.5 Å². The first-order valence-electron chi connectivity index (χ1n) is 33.0. The van der Waals surface area contributed by atoms with E-state index >= 15 is 0 Å². The van der Waals surface area contributed by atoms with Crippen LogP contribution in [0.25, 0.3) is 0 Å². The number of phosphoric acid groups is 2. The summed E-state index contributed by atoms with van der Waals surface area (Å²) in [5.41, 5.74) is 0. The highest BCUT2D eigenvalue weighted by Crippen LogP contribution is 2.45. The summed E-state index contributed by atoms with van der Waals surface area (Å²) in [6.45, 7) is 9.37. The summed E-state index contributed by atoms with van der Waals surface area (Å²) >= 11 is 0. The molecule has 17 nitrogen and oxygen atoms in total. The van der Waals surface area contributed by atoms with Gasteiger partial charge in [0.15, 0.2) is 12.2 Å². The van der Waals surface area contributed by atoms with Gasteiger partial charge in [0.25, 0.3) is 0 Å². The second kappa shape index (κ2) is 55.6. The second-order valence-corrected chi connectivity index (χ2v) is 26.7. The smallest absolute Gasteiger partial charge is 0.462 e. The molecule has 0 heterocycles. The lowest BCUT2D eigenvalue weighted by Gasteiger charge is -2.21. The number of esters is 4. The lowest BCUT2D eigenvalue weighted by molar-refractivity contribution is -0.161. The van der Waals surface area contributed by atoms with Crippen molar-refractivity contribution in [3.63, 3.8) is 0 Å². The number of ether oxygens (including phenoxy) is 4. The summed E-state index contributed by atoms with van der Waals surface area (Å²) < 4.78 is 67.9. The maximum atomic E-state index is 13.0. The number of hydrogen-bond acceptors (Lipinski definition) is 15. The Morgan fingerprint density at radius 1 is 0.329 bits per heavy atom. The Labute approximate surface area is 498 Å². The van der Waals surface area contributed by atoms with Crippen molar-refractivity contribution in [1.82, 2.24) is 0 Å². The molecule has 0 spiro atoms. The third-order valence-corrected chi connectivity index (χ3v) is 16.4. The van der Waals surface area contributed by atoms with Gasteiger partial charge in [-0.1, -0.05) is 260 Å². The molecule has 0 saturated carbocycles. The van der Waals surface area contributed by atoms with Gasteiger partial charge in [-0.15, -0.1) is 0 Å². The highest BCUT2D eigenvalue weighted by molar-refractivity contribution is 7.47. The van der Waals surface area contributed by atoms with Crippen molar-refractivity contribution >= 4 is 39.5 Å². The van der Waals surface area contributed by atoms with Gasteiger partial charge in [0.2, 0.25) is 0 Å². The number of unbranched alkanes of at least 4 members (excludes halogenated alkanes) is 32. The Hall–Kier alpha value is -1.94. The van der Waals surface area contributed by atoms with E-state index < -0.39 is 97.5 Å². The van der Waals surface area contributed by atoms with Crippen LogP contribution in [0.5, 0.6) is 0 Å². The molecule has 0 aromatic rings. The van der Waals surface area contributed by atoms with Gasteiger partial charge in [-0.3, -0.25) is 37.3 Å². The predicted octanol–water partition coefficient (Wildman–Crippen LogP) is 17.3. The molecule has 0 fully saturated rings. The van der Waals surface area contributed by atoms with Crippen LogP contribution in [-0.4, -0.2) is 96.7 Å². The van der Waals surface area contributed by atoms with E-state index in [1.54, 1.807) is 0 Å². The van der Waals surface area contributed by atoms with Crippen LogP contribution >= 0.6 is 15.6 Å². The van der Waals surface area contributed by atoms with E-state index in [0.29, 0.717) is 31.6 Å². The maximum Gasteiger partial charge on any atom is 0.472 e. The molecule has 0 aliphatic heterocycles. The van der Waals surface area contributed by atoms with E-state index in [-0.39, 0.29) is 25.7 Å². The third kappa shape index (κ3) is 57.2. The Balaban J connectivity index is 5.24. The number of carbonyl (C=O) groups excluding carboxylic acids is 4. The van der Waals surface area contributed by atoms with E-state index in [0.717, 1.165) is 102 Å². The number of phosphoric ester groups is 2. The first-order chi connectivity index (χ1) is 39.4. The molecule has 0 rings (SSSR count). The molecule has 3 N–H and O–H groups in total. The van der Waals surface area contributed by atoms with Gasteiger partial charge in [-0.2, -0.15) is 0 Å². The molecule has 2 unspecified atom stereocenters. The zero-order valence-corrected chi connectivity index (χ0v) is 54.6. The highest BCUT2D eigenvalue weighted by atomic mass is 31.2. The molecule has 0 aromatic heterocycles. The summed E-state index contributed by atoms with van der Waals surface area (Å²) in [5, 5.41) is 10.5. The van der Waals surface area contributed by atoms with Crippen LogP contribution in [0.2, 0.25) is 0 Å².